The lowest BCUT2D eigenvalue weighted by Crippen LogP contribution is -2.39. The third-order valence-corrected chi connectivity index (χ3v) is 6.34. The van der Waals surface area contributed by atoms with Crippen LogP contribution in [0.1, 0.15) is 13.3 Å². The van der Waals surface area contributed by atoms with Crippen molar-refractivity contribution in [1.82, 2.24) is 19.0 Å². The first-order chi connectivity index (χ1) is 13.4. The Kier molecular flexibility index (Phi) is 6.20. The molecule has 3 rings (SSSR count). The van der Waals surface area contributed by atoms with Crippen molar-refractivity contribution >= 4 is 21.7 Å². The van der Waals surface area contributed by atoms with Crippen molar-refractivity contribution in [2.75, 3.05) is 38.1 Å². The number of carbonyl (C=O) groups is 1. The summed E-state index contributed by atoms with van der Waals surface area (Å²) in [5.41, 5.74) is 0.596. The molecule has 0 aliphatic carbocycles. The molecule has 28 heavy (non-hydrogen) atoms. The SMILES string of the molecule is CCOc1ccccc1NC(=O)N1CCCN(S(=O)(=O)c2cnn(C)c2)CC1. The number of benzene rings is 1. The molecule has 0 unspecified atom stereocenters. The molecule has 0 bridgehead atoms. The van der Waals surface area contributed by atoms with Crippen LogP contribution in [0, 0.1) is 0 Å². The number of nitrogens with one attached hydrogen (secondary N) is 1. The van der Waals surface area contributed by atoms with E-state index in [1.807, 2.05) is 19.1 Å². The Bertz CT molecular complexity index is 928. The highest BCUT2D eigenvalue weighted by Gasteiger charge is 2.29. The number of anilines is 1. The van der Waals surface area contributed by atoms with Crippen molar-refractivity contribution in [2.45, 2.75) is 18.2 Å². The van der Waals surface area contributed by atoms with E-state index in [0.717, 1.165) is 0 Å². The van der Waals surface area contributed by atoms with E-state index in [9.17, 15) is 13.2 Å². The minimum Gasteiger partial charge on any atom is -0.492 e. The van der Waals surface area contributed by atoms with Crippen molar-refractivity contribution in [3.63, 3.8) is 0 Å². The summed E-state index contributed by atoms with van der Waals surface area (Å²) in [6, 6.07) is 6.97. The molecule has 1 saturated heterocycles. The van der Waals surface area contributed by atoms with Crippen LogP contribution in [0.4, 0.5) is 10.5 Å². The molecule has 152 valence electrons. The van der Waals surface area contributed by atoms with Gasteiger partial charge in [0.05, 0.1) is 18.5 Å². The van der Waals surface area contributed by atoms with Gasteiger partial charge >= 0.3 is 6.03 Å². The second-order valence-electron chi connectivity index (χ2n) is 6.45. The molecule has 1 aliphatic rings. The second kappa shape index (κ2) is 8.61. The number of ether oxygens (including phenoxy) is 1. The van der Waals surface area contributed by atoms with Gasteiger partial charge in [0.1, 0.15) is 10.6 Å². The van der Waals surface area contributed by atoms with E-state index in [1.165, 1.54) is 21.4 Å². The van der Waals surface area contributed by atoms with E-state index >= 15 is 0 Å². The maximum absolute atomic E-state index is 12.8. The van der Waals surface area contributed by atoms with Crippen LogP contribution in [-0.2, 0) is 17.1 Å². The van der Waals surface area contributed by atoms with E-state index in [-0.39, 0.29) is 17.5 Å². The molecule has 9 nitrogen and oxygen atoms in total. The number of aromatic nitrogens is 2. The molecule has 2 aromatic rings. The first-order valence-corrected chi connectivity index (χ1v) is 10.6. The van der Waals surface area contributed by atoms with Gasteiger partial charge in [-0.3, -0.25) is 4.68 Å². The molecule has 1 aromatic heterocycles. The highest BCUT2D eigenvalue weighted by molar-refractivity contribution is 7.89. The largest absolute Gasteiger partial charge is 0.492 e. The first-order valence-electron chi connectivity index (χ1n) is 9.18. The van der Waals surface area contributed by atoms with Crippen LogP contribution in [-0.4, -0.2) is 66.2 Å². The van der Waals surface area contributed by atoms with Crippen molar-refractivity contribution in [2.24, 2.45) is 7.05 Å². The lowest BCUT2D eigenvalue weighted by molar-refractivity contribution is 0.214. The van der Waals surface area contributed by atoms with Crippen LogP contribution < -0.4 is 10.1 Å². The minimum absolute atomic E-state index is 0.165. The molecule has 1 aliphatic heterocycles. The van der Waals surface area contributed by atoms with Crippen LogP contribution in [0.2, 0.25) is 0 Å². The quantitative estimate of drug-likeness (QED) is 0.814. The van der Waals surface area contributed by atoms with E-state index in [0.29, 0.717) is 44.1 Å². The number of carbonyl (C=O) groups excluding carboxylic acids is 1. The van der Waals surface area contributed by atoms with Gasteiger partial charge < -0.3 is 15.0 Å². The van der Waals surface area contributed by atoms with Crippen LogP contribution in [0.5, 0.6) is 5.75 Å². The third kappa shape index (κ3) is 4.45. The van der Waals surface area contributed by atoms with Crippen LogP contribution in [0.3, 0.4) is 0 Å². The predicted molar refractivity (Wildman–Crippen MR) is 105 cm³/mol. The van der Waals surface area contributed by atoms with Crippen molar-refractivity contribution in [3.05, 3.63) is 36.7 Å². The Morgan fingerprint density at radius 2 is 2.00 bits per heavy atom. The molecule has 1 aromatic carbocycles. The van der Waals surface area contributed by atoms with Crippen molar-refractivity contribution in [3.8, 4) is 5.75 Å². The number of aryl methyl sites for hydroxylation is 1. The lowest BCUT2D eigenvalue weighted by Gasteiger charge is -2.22. The number of urea groups is 1. The Hall–Kier alpha value is -2.59. The number of rotatable bonds is 5. The fourth-order valence-corrected chi connectivity index (χ4v) is 4.52. The number of amides is 2. The fourth-order valence-electron chi connectivity index (χ4n) is 3.06. The average Bonchev–Trinajstić information content (AvgIpc) is 2.96. The highest BCUT2D eigenvalue weighted by Crippen LogP contribution is 2.24. The molecule has 1 N–H and O–H groups in total. The van der Waals surface area contributed by atoms with Crippen molar-refractivity contribution in [1.29, 1.82) is 0 Å². The summed E-state index contributed by atoms with van der Waals surface area (Å²) in [5.74, 6) is 0.606. The topological polar surface area (TPSA) is 96.8 Å². The summed E-state index contributed by atoms with van der Waals surface area (Å²) >= 11 is 0. The van der Waals surface area contributed by atoms with Crippen LogP contribution >= 0.6 is 0 Å². The van der Waals surface area contributed by atoms with Gasteiger partial charge in [0.2, 0.25) is 10.0 Å². The van der Waals surface area contributed by atoms with Gasteiger partial charge in [-0.2, -0.15) is 9.40 Å². The molecule has 2 amide bonds. The maximum atomic E-state index is 12.8. The van der Waals surface area contributed by atoms with Gasteiger partial charge in [0.15, 0.2) is 0 Å². The second-order valence-corrected chi connectivity index (χ2v) is 8.39. The van der Waals surface area contributed by atoms with Crippen molar-refractivity contribution < 1.29 is 17.9 Å². The summed E-state index contributed by atoms with van der Waals surface area (Å²) in [4.78, 5) is 14.5. The summed E-state index contributed by atoms with van der Waals surface area (Å²) < 4.78 is 33.9. The fraction of sp³-hybridized carbons (Fsp3) is 0.444. The predicted octanol–water partition coefficient (Wildman–Crippen LogP) is 1.75. The molecular formula is C18H25N5O4S. The monoisotopic (exact) mass is 407 g/mol. The van der Waals surface area contributed by atoms with Gasteiger partial charge in [-0.05, 0) is 25.5 Å². The summed E-state index contributed by atoms with van der Waals surface area (Å²) in [6.45, 7) is 3.75. The zero-order valence-electron chi connectivity index (χ0n) is 16.0. The zero-order valence-corrected chi connectivity index (χ0v) is 16.9. The Balaban J connectivity index is 1.66. The van der Waals surface area contributed by atoms with Gasteiger partial charge in [0.25, 0.3) is 0 Å². The third-order valence-electron chi connectivity index (χ3n) is 4.49. The summed E-state index contributed by atoms with van der Waals surface area (Å²) in [6.07, 6.45) is 3.38. The smallest absolute Gasteiger partial charge is 0.321 e. The number of sulfonamides is 1. The molecule has 0 atom stereocenters. The zero-order chi connectivity index (χ0) is 20.1. The number of nitrogens with zero attached hydrogens (tertiary/aromatic N) is 4. The Labute approximate surface area is 164 Å². The van der Waals surface area contributed by atoms with E-state index in [2.05, 4.69) is 10.4 Å². The maximum Gasteiger partial charge on any atom is 0.321 e. The molecular weight excluding hydrogens is 382 g/mol. The van der Waals surface area contributed by atoms with Gasteiger partial charge in [-0.15, -0.1) is 0 Å². The number of hydrogen-bond acceptors (Lipinski definition) is 5. The minimum atomic E-state index is -3.61. The first kappa shape index (κ1) is 20.2. The van der Waals surface area contributed by atoms with E-state index < -0.39 is 10.0 Å². The standard InChI is InChI=1S/C18H25N5O4S/c1-3-27-17-8-5-4-7-16(17)20-18(24)22-9-6-10-23(12-11-22)28(25,26)15-13-19-21(2)14-15/h4-5,7-8,13-14H,3,6,9-12H2,1-2H3,(H,20,24). The molecule has 1 fully saturated rings. The summed E-state index contributed by atoms with van der Waals surface area (Å²) in [7, 11) is -1.94. The molecule has 0 spiro atoms. The van der Waals surface area contributed by atoms with Crippen LogP contribution in [0.15, 0.2) is 41.6 Å². The molecule has 10 heteroatoms. The average molecular weight is 407 g/mol. The highest BCUT2D eigenvalue weighted by atomic mass is 32.2. The van der Waals surface area contributed by atoms with Gasteiger partial charge in [0, 0.05) is 39.4 Å². The number of para-hydroxylation sites is 2. The Morgan fingerprint density at radius 3 is 2.71 bits per heavy atom. The molecule has 2 heterocycles. The molecule has 0 saturated carbocycles. The van der Waals surface area contributed by atoms with Gasteiger partial charge in [-0.1, -0.05) is 12.1 Å². The lowest BCUT2D eigenvalue weighted by atomic mass is 10.3. The van der Waals surface area contributed by atoms with E-state index in [1.54, 1.807) is 24.1 Å². The normalized spacial score (nSPS) is 15.9. The Morgan fingerprint density at radius 1 is 1.21 bits per heavy atom. The van der Waals surface area contributed by atoms with Gasteiger partial charge in [-0.25, -0.2) is 13.2 Å². The van der Waals surface area contributed by atoms with E-state index in [4.69, 9.17) is 4.74 Å². The molecule has 0 radical (unpaired) electrons. The summed E-state index contributed by atoms with van der Waals surface area (Å²) in [5, 5.41) is 6.80. The number of hydrogen-bond donors (Lipinski definition) is 1. The van der Waals surface area contributed by atoms with Crippen LogP contribution in [0.25, 0.3) is 0 Å².